The fourth-order valence-electron chi connectivity index (χ4n) is 1.41. The number of hydrogen-bond acceptors (Lipinski definition) is 2. The van der Waals surface area contributed by atoms with Gasteiger partial charge in [0.2, 0.25) is 0 Å². The smallest absolute Gasteiger partial charge is 0.270 e. The number of carbonyl (C=O) groups is 1. The Morgan fingerprint density at radius 2 is 2.27 bits per heavy atom. The molecule has 78 valence electrons. The second kappa shape index (κ2) is 3.81. The van der Waals surface area contributed by atoms with E-state index in [-0.39, 0.29) is 11.3 Å². The zero-order chi connectivity index (χ0) is 11.0. The minimum absolute atomic E-state index is 0.0408. The molecule has 0 aromatic heterocycles. The van der Waals surface area contributed by atoms with Crippen molar-refractivity contribution >= 4 is 21.8 Å². The van der Waals surface area contributed by atoms with Crippen molar-refractivity contribution in [3.8, 4) is 0 Å². The Morgan fingerprint density at radius 1 is 1.53 bits per heavy atom. The summed E-state index contributed by atoms with van der Waals surface area (Å²) in [5.41, 5.74) is 0. The summed E-state index contributed by atoms with van der Waals surface area (Å²) in [6.07, 6.45) is 0.583. The lowest BCUT2D eigenvalue weighted by Gasteiger charge is -2.09. The molecule has 1 atom stereocenters. The highest BCUT2D eigenvalue weighted by Gasteiger charge is 2.19. The Bertz CT molecular complexity index is 541. The van der Waals surface area contributed by atoms with Gasteiger partial charge in [0.15, 0.2) is 5.82 Å². The van der Waals surface area contributed by atoms with E-state index < -0.39 is 11.9 Å². The zero-order valence-electron chi connectivity index (χ0n) is 8.00. The van der Waals surface area contributed by atoms with Gasteiger partial charge in [-0.05, 0) is 34.5 Å². The number of nitrogens with zero attached hydrogens (tertiary/aromatic N) is 2. The number of halogens is 2. The second-order valence-corrected chi connectivity index (χ2v) is 4.09. The van der Waals surface area contributed by atoms with E-state index in [1.807, 2.05) is 6.92 Å². The number of rotatable bonds is 1. The minimum Gasteiger partial charge on any atom is -0.270 e. The van der Waals surface area contributed by atoms with Crippen molar-refractivity contribution in [3.05, 3.63) is 33.1 Å². The van der Waals surface area contributed by atoms with Gasteiger partial charge in [-0.25, -0.2) is 9.38 Å². The molecule has 0 aliphatic carbocycles. The van der Waals surface area contributed by atoms with Crippen LogP contribution >= 0.6 is 15.9 Å². The van der Waals surface area contributed by atoms with E-state index in [2.05, 4.69) is 25.9 Å². The van der Waals surface area contributed by atoms with Crippen LogP contribution in [0.15, 0.2) is 26.6 Å². The summed E-state index contributed by atoms with van der Waals surface area (Å²) in [7, 11) is 0. The highest BCUT2D eigenvalue weighted by molar-refractivity contribution is 9.10. The molecule has 0 saturated heterocycles. The third-order valence-electron chi connectivity index (χ3n) is 2.24. The molecule has 1 aliphatic heterocycles. The first-order valence-electron chi connectivity index (χ1n) is 4.58. The fourth-order valence-corrected chi connectivity index (χ4v) is 1.73. The van der Waals surface area contributed by atoms with Gasteiger partial charge in [-0.15, -0.1) is 0 Å². The summed E-state index contributed by atoms with van der Waals surface area (Å²) >= 11 is 3.04. The maximum Gasteiger partial charge on any atom is 0.271 e. The van der Waals surface area contributed by atoms with E-state index in [4.69, 9.17) is 0 Å². The lowest BCUT2D eigenvalue weighted by Crippen LogP contribution is -2.38. The molecule has 1 unspecified atom stereocenters. The number of carbonyl (C=O) groups excluding carboxylic acids is 1. The Labute approximate surface area is 93.9 Å². The summed E-state index contributed by atoms with van der Waals surface area (Å²) in [6.45, 7) is 1.85. The highest BCUT2D eigenvalue weighted by Crippen LogP contribution is 2.10. The number of benzene rings is 1. The predicted octanol–water partition coefficient (Wildman–Crippen LogP) is 1.15. The van der Waals surface area contributed by atoms with Crippen molar-refractivity contribution < 1.29 is 9.18 Å². The van der Waals surface area contributed by atoms with Crippen LogP contribution in [-0.4, -0.2) is 11.9 Å². The lowest BCUT2D eigenvalue weighted by atomic mass is 10.2. The van der Waals surface area contributed by atoms with E-state index in [1.54, 1.807) is 12.1 Å². The van der Waals surface area contributed by atoms with Crippen LogP contribution in [-0.2, 0) is 4.79 Å². The molecule has 1 heterocycles. The molecule has 15 heavy (non-hydrogen) atoms. The summed E-state index contributed by atoms with van der Waals surface area (Å²) in [4.78, 5) is 19.3. The molecule has 0 saturated carbocycles. The molecule has 5 heteroatoms. The Morgan fingerprint density at radius 3 is 2.93 bits per heavy atom. The van der Waals surface area contributed by atoms with Crippen LogP contribution in [0.2, 0.25) is 0 Å². The van der Waals surface area contributed by atoms with Crippen LogP contribution in [0.1, 0.15) is 13.3 Å². The van der Waals surface area contributed by atoms with Crippen molar-refractivity contribution in [2.75, 3.05) is 0 Å². The molecule has 1 aliphatic rings. The Kier molecular flexibility index (Phi) is 2.65. The van der Waals surface area contributed by atoms with Crippen LogP contribution in [0, 0.1) is 5.82 Å². The van der Waals surface area contributed by atoms with Gasteiger partial charge in [0.1, 0.15) is 11.4 Å². The first-order valence-corrected chi connectivity index (χ1v) is 5.37. The van der Waals surface area contributed by atoms with E-state index in [9.17, 15) is 9.18 Å². The zero-order valence-corrected chi connectivity index (χ0v) is 9.58. The molecular formula is C10H8BrFN2O. The molecule has 2 rings (SSSR count). The topological polar surface area (TPSA) is 41.8 Å². The molecule has 0 fully saturated rings. The molecule has 1 aromatic rings. The standard InChI is InChI=1S/C10H8BrFN2O/c1-2-6-10(15)14-9-7(13-6)4-3-5(11)8(9)12/h3-4,6H,2H2,1H3. The summed E-state index contributed by atoms with van der Waals surface area (Å²) in [5.74, 6) is -0.902. The Balaban J connectivity index is 2.76. The first-order chi connectivity index (χ1) is 7.13. The van der Waals surface area contributed by atoms with E-state index in [1.165, 1.54) is 0 Å². The van der Waals surface area contributed by atoms with Crippen LogP contribution < -0.4 is 10.7 Å². The third kappa shape index (κ3) is 1.71. The summed E-state index contributed by atoms with van der Waals surface area (Å²) in [5, 5.41) is 0.487. The van der Waals surface area contributed by atoms with Crippen LogP contribution in [0.3, 0.4) is 0 Å². The molecular weight excluding hydrogens is 263 g/mol. The van der Waals surface area contributed by atoms with Crippen molar-refractivity contribution in [2.24, 2.45) is 9.98 Å². The predicted molar refractivity (Wildman–Crippen MR) is 55.5 cm³/mol. The fraction of sp³-hybridized carbons (Fsp3) is 0.300. The number of fused-ring (bicyclic) bond motifs is 1. The third-order valence-corrected chi connectivity index (χ3v) is 2.85. The van der Waals surface area contributed by atoms with E-state index in [0.717, 1.165) is 0 Å². The van der Waals surface area contributed by atoms with E-state index in [0.29, 0.717) is 16.3 Å². The normalized spacial score (nSPS) is 19.1. The van der Waals surface area contributed by atoms with Gasteiger partial charge >= 0.3 is 0 Å². The van der Waals surface area contributed by atoms with Gasteiger partial charge in [0, 0.05) is 0 Å². The van der Waals surface area contributed by atoms with Gasteiger partial charge in [0.05, 0.1) is 9.83 Å². The average molecular weight is 271 g/mol. The number of hydrogen-bond donors (Lipinski definition) is 0. The molecule has 0 bridgehead atoms. The molecule has 1 amide bonds. The average Bonchev–Trinajstić information content (AvgIpc) is 2.24. The second-order valence-electron chi connectivity index (χ2n) is 3.23. The van der Waals surface area contributed by atoms with Crippen LogP contribution in [0.25, 0.3) is 0 Å². The van der Waals surface area contributed by atoms with Crippen LogP contribution in [0.5, 0.6) is 0 Å². The van der Waals surface area contributed by atoms with Crippen LogP contribution in [0.4, 0.5) is 4.39 Å². The van der Waals surface area contributed by atoms with Gasteiger partial charge < -0.3 is 0 Å². The van der Waals surface area contributed by atoms with Gasteiger partial charge in [-0.3, -0.25) is 9.79 Å². The monoisotopic (exact) mass is 270 g/mol. The SMILES string of the molecule is CCC1N=c2ccc(Br)c(F)c2=NC1=O. The quantitative estimate of drug-likeness (QED) is 0.755. The largest absolute Gasteiger partial charge is 0.271 e. The first kappa shape index (κ1) is 10.4. The van der Waals surface area contributed by atoms with Crippen molar-refractivity contribution in [1.82, 2.24) is 0 Å². The molecule has 1 aromatic carbocycles. The van der Waals surface area contributed by atoms with Crippen molar-refractivity contribution in [3.63, 3.8) is 0 Å². The van der Waals surface area contributed by atoms with Gasteiger partial charge in [-0.2, -0.15) is 0 Å². The van der Waals surface area contributed by atoms with Gasteiger partial charge in [0.25, 0.3) is 5.91 Å². The van der Waals surface area contributed by atoms with Gasteiger partial charge in [-0.1, -0.05) is 6.92 Å². The molecule has 0 N–H and O–H groups in total. The summed E-state index contributed by atoms with van der Waals surface area (Å²) < 4.78 is 13.8. The maximum absolute atomic E-state index is 13.5. The number of amides is 1. The highest BCUT2D eigenvalue weighted by atomic mass is 79.9. The Hall–Kier alpha value is -1.10. The van der Waals surface area contributed by atoms with Crippen molar-refractivity contribution in [1.29, 1.82) is 0 Å². The molecule has 0 spiro atoms. The maximum atomic E-state index is 13.5. The van der Waals surface area contributed by atoms with Crippen molar-refractivity contribution in [2.45, 2.75) is 19.4 Å². The van der Waals surface area contributed by atoms with E-state index >= 15 is 0 Å². The minimum atomic E-state index is -0.529. The molecule has 3 nitrogen and oxygen atoms in total. The lowest BCUT2D eigenvalue weighted by molar-refractivity contribution is -0.119. The molecule has 0 radical (unpaired) electrons. The summed E-state index contributed by atoms with van der Waals surface area (Å²) in [6, 6.07) is 2.76.